The summed E-state index contributed by atoms with van der Waals surface area (Å²) in [5.41, 5.74) is 0. The zero-order valence-corrected chi connectivity index (χ0v) is 9.76. The SMILES string of the molecule is O=C(NCCCn1ccnc1)NC1CCOC1. The number of imidazole rings is 1. The lowest BCUT2D eigenvalue weighted by Gasteiger charge is -2.11. The first kappa shape index (κ1) is 11.9. The molecule has 1 aliphatic rings. The molecule has 2 heterocycles. The first-order valence-corrected chi connectivity index (χ1v) is 5.92. The number of carbonyl (C=O) groups is 1. The molecule has 1 aromatic rings. The summed E-state index contributed by atoms with van der Waals surface area (Å²) in [6, 6.07) is 0.0646. The van der Waals surface area contributed by atoms with Crippen LogP contribution >= 0.6 is 0 Å². The number of ether oxygens (including phenoxy) is 1. The molecule has 1 aromatic heterocycles. The third kappa shape index (κ3) is 4.07. The third-order valence-corrected chi connectivity index (χ3v) is 2.70. The molecule has 2 N–H and O–H groups in total. The summed E-state index contributed by atoms with van der Waals surface area (Å²) in [5.74, 6) is 0. The van der Waals surface area contributed by atoms with Gasteiger partial charge in [0.1, 0.15) is 0 Å². The van der Waals surface area contributed by atoms with E-state index in [0.717, 1.165) is 26.0 Å². The Kier molecular flexibility index (Phi) is 4.37. The summed E-state index contributed by atoms with van der Waals surface area (Å²) in [6.07, 6.45) is 7.24. The van der Waals surface area contributed by atoms with E-state index in [9.17, 15) is 4.79 Å². The van der Waals surface area contributed by atoms with Gasteiger partial charge in [-0.05, 0) is 12.8 Å². The molecule has 0 aliphatic carbocycles. The molecule has 94 valence electrons. The molecule has 0 radical (unpaired) electrons. The summed E-state index contributed by atoms with van der Waals surface area (Å²) in [7, 11) is 0. The number of nitrogens with one attached hydrogen (secondary N) is 2. The van der Waals surface area contributed by atoms with Crippen LogP contribution in [-0.4, -0.2) is 41.4 Å². The molecule has 1 saturated heterocycles. The molecule has 6 nitrogen and oxygen atoms in total. The number of nitrogens with zero attached hydrogens (tertiary/aromatic N) is 2. The van der Waals surface area contributed by atoms with Crippen molar-refractivity contribution in [2.45, 2.75) is 25.4 Å². The lowest BCUT2D eigenvalue weighted by Crippen LogP contribution is -2.42. The summed E-state index contributed by atoms with van der Waals surface area (Å²) >= 11 is 0. The number of urea groups is 1. The monoisotopic (exact) mass is 238 g/mol. The van der Waals surface area contributed by atoms with Crippen LogP contribution in [0.15, 0.2) is 18.7 Å². The van der Waals surface area contributed by atoms with Crippen molar-refractivity contribution in [2.24, 2.45) is 0 Å². The molecule has 0 saturated carbocycles. The number of aromatic nitrogens is 2. The Morgan fingerprint density at radius 1 is 1.59 bits per heavy atom. The summed E-state index contributed by atoms with van der Waals surface area (Å²) in [5, 5.41) is 5.71. The van der Waals surface area contributed by atoms with Crippen molar-refractivity contribution < 1.29 is 9.53 Å². The second kappa shape index (κ2) is 6.24. The molecule has 1 aliphatic heterocycles. The number of hydrogen-bond acceptors (Lipinski definition) is 3. The van der Waals surface area contributed by atoms with Gasteiger partial charge in [-0.1, -0.05) is 0 Å². The Morgan fingerprint density at radius 2 is 2.53 bits per heavy atom. The maximum Gasteiger partial charge on any atom is 0.315 e. The van der Waals surface area contributed by atoms with Crippen molar-refractivity contribution in [1.82, 2.24) is 20.2 Å². The minimum atomic E-state index is -0.105. The van der Waals surface area contributed by atoms with Crippen LogP contribution in [0.2, 0.25) is 0 Å². The van der Waals surface area contributed by atoms with E-state index < -0.39 is 0 Å². The second-order valence-electron chi connectivity index (χ2n) is 4.11. The fraction of sp³-hybridized carbons (Fsp3) is 0.636. The van der Waals surface area contributed by atoms with Crippen LogP contribution < -0.4 is 10.6 Å². The van der Waals surface area contributed by atoms with E-state index in [1.807, 2.05) is 10.8 Å². The highest BCUT2D eigenvalue weighted by atomic mass is 16.5. The molecule has 6 heteroatoms. The zero-order valence-electron chi connectivity index (χ0n) is 9.76. The Bertz CT molecular complexity index is 333. The van der Waals surface area contributed by atoms with Gasteiger partial charge in [0.25, 0.3) is 0 Å². The Balaban J connectivity index is 1.53. The highest BCUT2D eigenvalue weighted by Crippen LogP contribution is 2.02. The molecule has 1 unspecified atom stereocenters. The smallest absolute Gasteiger partial charge is 0.315 e. The number of carbonyl (C=O) groups excluding carboxylic acids is 1. The van der Waals surface area contributed by atoms with Gasteiger partial charge in [-0.15, -0.1) is 0 Å². The Labute approximate surface area is 100 Å². The van der Waals surface area contributed by atoms with E-state index in [-0.39, 0.29) is 12.1 Å². The average molecular weight is 238 g/mol. The first-order valence-electron chi connectivity index (χ1n) is 5.92. The minimum absolute atomic E-state index is 0.105. The van der Waals surface area contributed by atoms with Gasteiger partial charge in [-0.3, -0.25) is 0 Å². The predicted molar refractivity (Wildman–Crippen MR) is 62.6 cm³/mol. The zero-order chi connectivity index (χ0) is 11.9. The van der Waals surface area contributed by atoms with Crippen molar-refractivity contribution in [3.05, 3.63) is 18.7 Å². The lowest BCUT2D eigenvalue weighted by molar-refractivity contribution is 0.188. The van der Waals surface area contributed by atoms with E-state index in [1.54, 1.807) is 12.5 Å². The number of rotatable bonds is 5. The van der Waals surface area contributed by atoms with Crippen LogP contribution in [0.3, 0.4) is 0 Å². The summed E-state index contributed by atoms with van der Waals surface area (Å²) < 4.78 is 7.17. The molecule has 0 bridgehead atoms. The Hall–Kier alpha value is -1.56. The molecule has 1 atom stereocenters. The van der Waals surface area contributed by atoms with Crippen molar-refractivity contribution in [2.75, 3.05) is 19.8 Å². The normalized spacial score (nSPS) is 19.2. The van der Waals surface area contributed by atoms with Gasteiger partial charge in [0.05, 0.1) is 19.0 Å². The van der Waals surface area contributed by atoms with E-state index in [1.165, 1.54) is 0 Å². The third-order valence-electron chi connectivity index (χ3n) is 2.70. The maximum absolute atomic E-state index is 11.5. The molecular formula is C11H18N4O2. The first-order chi connectivity index (χ1) is 8.34. The quantitative estimate of drug-likeness (QED) is 0.728. The van der Waals surface area contributed by atoms with Crippen molar-refractivity contribution in [3.63, 3.8) is 0 Å². The molecule has 1 fully saturated rings. The molecular weight excluding hydrogens is 220 g/mol. The largest absolute Gasteiger partial charge is 0.379 e. The van der Waals surface area contributed by atoms with Gasteiger partial charge in [0.15, 0.2) is 0 Å². The van der Waals surface area contributed by atoms with E-state index in [4.69, 9.17) is 4.74 Å². The summed E-state index contributed by atoms with van der Waals surface area (Å²) in [6.45, 7) is 2.90. The van der Waals surface area contributed by atoms with Crippen LogP contribution in [0.5, 0.6) is 0 Å². The van der Waals surface area contributed by atoms with Crippen molar-refractivity contribution >= 4 is 6.03 Å². The fourth-order valence-electron chi connectivity index (χ4n) is 1.77. The van der Waals surface area contributed by atoms with E-state index in [0.29, 0.717) is 13.2 Å². The second-order valence-corrected chi connectivity index (χ2v) is 4.11. The van der Waals surface area contributed by atoms with Crippen molar-refractivity contribution in [1.29, 1.82) is 0 Å². The van der Waals surface area contributed by atoms with Crippen LogP contribution in [0.1, 0.15) is 12.8 Å². The van der Waals surface area contributed by atoms with Gasteiger partial charge in [0.2, 0.25) is 0 Å². The van der Waals surface area contributed by atoms with Gasteiger partial charge in [-0.25, -0.2) is 9.78 Å². The van der Waals surface area contributed by atoms with Crippen molar-refractivity contribution in [3.8, 4) is 0 Å². The van der Waals surface area contributed by atoms with Crippen LogP contribution in [0, 0.1) is 0 Å². The van der Waals surface area contributed by atoms with Crippen LogP contribution in [0.4, 0.5) is 4.79 Å². The molecule has 2 rings (SSSR count). The number of aryl methyl sites for hydroxylation is 1. The molecule has 0 spiro atoms. The standard InChI is InChI=1S/C11H18N4O2/c16-11(14-10-2-7-17-8-10)13-3-1-5-15-6-4-12-9-15/h4,6,9-10H,1-3,5,7-8H2,(H2,13,14,16). The fourth-order valence-corrected chi connectivity index (χ4v) is 1.77. The van der Waals surface area contributed by atoms with Crippen LogP contribution in [0.25, 0.3) is 0 Å². The summed E-state index contributed by atoms with van der Waals surface area (Å²) in [4.78, 5) is 15.4. The van der Waals surface area contributed by atoms with Gasteiger partial charge >= 0.3 is 6.03 Å². The van der Waals surface area contributed by atoms with E-state index in [2.05, 4.69) is 15.6 Å². The highest BCUT2D eigenvalue weighted by molar-refractivity contribution is 5.74. The van der Waals surface area contributed by atoms with E-state index >= 15 is 0 Å². The maximum atomic E-state index is 11.5. The van der Waals surface area contributed by atoms with Gasteiger partial charge < -0.3 is 19.9 Å². The molecule has 2 amide bonds. The predicted octanol–water partition coefficient (Wildman–Crippen LogP) is 0.361. The number of amides is 2. The molecule has 17 heavy (non-hydrogen) atoms. The van der Waals surface area contributed by atoms with Gasteiger partial charge in [-0.2, -0.15) is 0 Å². The van der Waals surface area contributed by atoms with Gasteiger partial charge in [0, 0.05) is 32.1 Å². The molecule has 0 aromatic carbocycles. The lowest BCUT2D eigenvalue weighted by atomic mass is 10.3. The Morgan fingerprint density at radius 3 is 3.24 bits per heavy atom. The average Bonchev–Trinajstić information content (AvgIpc) is 2.96. The minimum Gasteiger partial charge on any atom is -0.379 e. The van der Waals surface area contributed by atoms with Crippen LogP contribution in [-0.2, 0) is 11.3 Å². The highest BCUT2D eigenvalue weighted by Gasteiger charge is 2.16. The number of hydrogen-bond donors (Lipinski definition) is 2. The topological polar surface area (TPSA) is 68.2 Å².